The molecule has 0 bridgehead atoms. The van der Waals surface area contributed by atoms with E-state index in [0.717, 1.165) is 38.5 Å². The molecule has 0 saturated heterocycles. The van der Waals surface area contributed by atoms with Crippen molar-refractivity contribution in [3.8, 4) is 0 Å². The van der Waals surface area contributed by atoms with Crippen molar-refractivity contribution in [1.82, 2.24) is 5.32 Å². The third kappa shape index (κ3) is 5.26. The van der Waals surface area contributed by atoms with Crippen LogP contribution in [0.25, 0.3) is 0 Å². The Kier molecular flexibility index (Phi) is 6.13. The lowest BCUT2D eigenvalue weighted by Gasteiger charge is -2.26. The zero-order chi connectivity index (χ0) is 15.8. The normalized spacial score (nSPS) is 17.5. The summed E-state index contributed by atoms with van der Waals surface area (Å²) in [5.41, 5.74) is -0.131. The van der Waals surface area contributed by atoms with E-state index in [0.29, 0.717) is 12.1 Å². The lowest BCUT2D eigenvalue weighted by molar-refractivity contribution is -0.122. The summed E-state index contributed by atoms with van der Waals surface area (Å²) in [4.78, 5) is 23.8. The fourth-order valence-corrected chi connectivity index (χ4v) is 2.91. The van der Waals surface area contributed by atoms with Gasteiger partial charge in [-0.25, -0.2) is 0 Å². The molecule has 1 amide bonds. The van der Waals surface area contributed by atoms with Gasteiger partial charge < -0.3 is 10.4 Å². The molecule has 1 aliphatic rings. The third-order valence-electron chi connectivity index (χ3n) is 4.32. The van der Waals surface area contributed by atoms with Gasteiger partial charge >= 0.3 is 0 Å². The number of hydrogen-bond acceptors (Lipinski definition) is 3. The van der Waals surface area contributed by atoms with Gasteiger partial charge in [-0.15, -0.1) is 0 Å². The maximum Gasteiger partial charge on any atom is 0.220 e. The number of ketones is 1. The second kappa shape index (κ2) is 8.08. The molecule has 0 radical (unpaired) electrons. The topological polar surface area (TPSA) is 66.4 Å². The van der Waals surface area contributed by atoms with E-state index < -0.39 is 5.60 Å². The summed E-state index contributed by atoms with van der Waals surface area (Å²) < 4.78 is 0. The number of hydrogen-bond donors (Lipinski definition) is 2. The number of nitrogens with one attached hydrogen (secondary N) is 1. The lowest BCUT2D eigenvalue weighted by atomic mass is 9.94. The molecule has 2 N–H and O–H groups in total. The summed E-state index contributed by atoms with van der Waals surface area (Å²) in [6, 6.07) is 9.00. The molecular weight excluding hydrogens is 278 g/mol. The highest BCUT2D eigenvalue weighted by atomic mass is 16.3. The first-order valence-corrected chi connectivity index (χ1v) is 8.16. The predicted molar refractivity (Wildman–Crippen MR) is 85.7 cm³/mol. The molecule has 120 valence electrons. The van der Waals surface area contributed by atoms with Crippen LogP contribution in [0.1, 0.15) is 61.7 Å². The molecule has 2 rings (SSSR count). The molecule has 0 aromatic heterocycles. The van der Waals surface area contributed by atoms with Crippen LogP contribution < -0.4 is 5.32 Å². The molecule has 0 unspecified atom stereocenters. The number of benzene rings is 1. The Morgan fingerprint density at radius 2 is 1.64 bits per heavy atom. The zero-order valence-electron chi connectivity index (χ0n) is 13.0. The average molecular weight is 303 g/mol. The Balaban J connectivity index is 1.72. The Hall–Kier alpha value is -1.68. The first-order valence-electron chi connectivity index (χ1n) is 8.16. The quantitative estimate of drug-likeness (QED) is 0.627. The van der Waals surface area contributed by atoms with Crippen molar-refractivity contribution >= 4 is 11.7 Å². The van der Waals surface area contributed by atoms with Crippen LogP contribution in [-0.2, 0) is 4.79 Å². The summed E-state index contributed by atoms with van der Waals surface area (Å²) in [5.74, 6) is -0.189. The Labute approximate surface area is 131 Å². The van der Waals surface area contributed by atoms with Gasteiger partial charge in [-0.1, -0.05) is 56.0 Å². The largest absolute Gasteiger partial charge is 0.388 e. The molecule has 0 aliphatic heterocycles. The highest BCUT2D eigenvalue weighted by Crippen LogP contribution is 2.26. The molecular formula is C18H25NO3. The van der Waals surface area contributed by atoms with Gasteiger partial charge in [0.05, 0.1) is 5.60 Å². The van der Waals surface area contributed by atoms with Crippen LogP contribution in [0.15, 0.2) is 30.3 Å². The molecule has 4 heteroatoms. The van der Waals surface area contributed by atoms with E-state index in [9.17, 15) is 14.7 Å². The minimum absolute atomic E-state index is 0.0241. The van der Waals surface area contributed by atoms with Crippen LogP contribution >= 0.6 is 0 Å². The Morgan fingerprint density at radius 1 is 1.00 bits per heavy atom. The number of Topliss-reactive ketones (excluding diaryl/α,β-unsaturated/α-hetero) is 1. The molecule has 0 spiro atoms. The van der Waals surface area contributed by atoms with Crippen molar-refractivity contribution in [2.75, 3.05) is 6.54 Å². The van der Waals surface area contributed by atoms with Gasteiger partial charge in [-0.3, -0.25) is 9.59 Å². The summed E-state index contributed by atoms with van der Waals surface area (Å²) in [5, 5.41) is 13.3. The van der Waals surface area contributed by atoms with Gasteiger partial charge in [0.2, 0.25) is 5.91 Å². The number of aliphatic hydroxyl groups is 1. The lowest BCUT2D eigenvalue weighted by Crippen LogP contribution is -2.42. The second-order valence-corrected chi connectivity index (χ2v) is 6.20. The smallest absolute Gasteiger partial charge is 0.220 e. The van der Waals surface area contributed by atoms with Gasteiger partial charge in [-0.2, -0.15) is 0 Å². The molecule has 1 aromatic rings. The molecule has 22 heavy (non-hydrogen) atoms. The SMILES string of the molecule is O=C(CCC(=O)c1ccccc1)NCC1(O)CCCCCC1. The van der Waals surface area contributed by atoms with Gasteiger partial charge in [-0.05, 0) is 12.8 Å². The highest BCUT2D eigenvalue weighted by molar-refractivity contribution is 5.97. The number of carbonyl (C=O) groups excluding carboxylic acids is 2. The van der Waals surface area contributed by atoms with Gasteiger partial charge in [0.1, 0.15) is 0 Å². The maximum atomic E-state index is 11.9. The van der Waals surface area contributed by atoms with Crippen molar-refractivity contribution in [2.45, 2.75) is 57.0 Å². The molecule has 1 aliphatic carbocycles. The molecule has 4 nitrogen and oxygen atoms in total. The number of amides is 1. The van der Waals surface area contributed by atoms with E-state index >= 15 is 0 Å². The van der Waals surface area contributed by atoms with Crippen molar-refractivity contribution in [1.29, 1.82) is 0 Å². The van der Waals surface area contributed by atoms with Crippen LogP contribution in [0.2, 0.25) is 0 Å². The van der Waals surface area contributed by atoms with Crippen LogP contribution in [0.4, 0.5) is 0 Å². The monoisotopic (exact) mass is 303 g/mol. The predicted octanol–water partition coefficient (Wildman–Crippen LogP) is 2.85. The van der Waals surface area contributed by atoms with E-state index in [4.69, 9.17) is 0 Å². The Morgan fingerprint density at radius 3 is 2.27 bits per heavy atom. The summed E-state index contributed by atoms with van der Waals surface area (Å²) in [6.07, 6.45) is 6.20. The molecule has 1 saturated carbocycles. The van der Waals surface area contributed by atoms with Crippen molar-refractivity contribution in [3.05, 3.63) is 35.9 Å². The third-order valence-corrected chi connectivity index (χ3v) is 4.32. The fraction of sp³-hybridized carbons (Fsp3) is 0.556. The Bertz CT molecular complexity index is 490. The summed E-state index contributed by atoms with van der Waals surface area (Å²) in [7, 11) is 0. The van der Waals surface area contributed by atoms with Crippen molar-refractivity contribution in [2.24, 2.45) is 0 Å². The van der Waals surface area contributed by atoms with E-state index in [2.05, 4.69) is 5.32 Å². The first kappa shape index (κ1) is 16.7. The minimum Gasteiger partial charge on any atom is -0.388 e. The van der Waals surface area contributed by atoms with Crippen LogP contribution in [-0.4, -0.2) is 28.9 Å². The van der Waals surface area contributed by atoms with E-state index in [1.807, 2.05) is 18.2 Å². The molecule has 0 atom stereocenters. The van der Waals surface area contributed by atoms with Gasteiger partial charge in [0, 0.05) is 24.9 Å². The molecule has 1 fully saturated rings. The van der Waals surface area contributed by atoms with Crippen molar-refractivity contribution < 1.29 is 14.7 Å². The summed E-state index contributed by atoms with van der Waals surface area (Å²) >= 11 is 0. The van der Waals surface area contributed by atoms with Crippen LogP contribution in [0.3, 0.4) is 0 Å². The first-order chi connectivity index (χ1) is 10.6. The maximum absolute atomic E-state index is 11.9. The summed E-state index contributed by atoms with van der Waals surface area (Å²) in [6.45, 7) is 0.297. The van der Waals surface area contributed by atoms with E-state index in [-0.39, 0.29) is 24.5 Å². The van der Waals surface area contributed by atoms with E-state index in [1.54, 1.807) is 12.1 Å². The van der Waals surface area contributed by atoms with Crippen LogP contribution in [0.5, 0.6) is 0 Å². The fourth-order valence-electron chi connectivity index (χ4n) is 2.91. The standard InChI is InChI=1S/C18H25NO3/c20-16(15-8-4-3-5-9-15)10-11-17(21)19-14-18(22)12-6-1-2-7-13-18/h3-5,8-9,22H,1-2,6-7,10-14H2,(H,19,21). The van der Waals surface area contributed by atoms with Gasteiger partial charge in [0.25, 0.3) is 0 Å². The minimum atomic E-state index is -0.768. The van der Waals surface area contributed by atoms with Crippen molar-refractivity contribution in [3.63, 3.8) is 0 Å². The highest BCUT2D eigenvalue weighted by Gasteiger charge is 2.28. The van der Waals surface area contributed by atoms with E-state index in [1.165, 1.54) is 0 Å². The number of carbonyl (C=O) groups is 2. The van der Waals surface area contributed by atoms with Crippen LogP contribution in [0, 0.1) is 0 Å². The van der Waals surface area contributed by atoms with Gasteiger partial charge in [0.15, 0.2) is 5.78 Å². The molecule has 0 heterocycles. The zero-order valence-corrected chi connectivity index (χ0v) is 13.0. The second-order valence-electron chi connectivity index (χ2n) is 6.20. The number of rotatable bonds is 6. The average Bonchev–Trinajstić information content (AvgIpc) is 2.76. The molecule has 1 aromatic carbocycles.